The Morgan fingerprint density at radius 3 is 1.44 bits per heavy atom. The van der Waals surface area contributed by atoms with Crippen molar-refractivity contribution < 1.29 is 19.4 Å². The van der Waals surface area contributed by atoms with Crippen LogP contribution in [0.5, 0.6) is 0 Å². The molecular weight excluding hydrogens is 532 g/mol. The van der Waals surface area contributed by atoms with Crippen molar-refractivity contribution in [2.45, 2.75) is 213 Å². The lowest BCUT2D eigenvalue weighted by atomic mass is 10.0. The van der Waals surface area contributed by atoms with E-state index in [4.69, 9.17) is 9.84 Å². The maximum absolute atomic E-state index is 12.5. The third kappa shape index (κ3) is 34.8. The van der Waals surface area contributed by atoms with Crippen LogP contribution in [0.1, 0.15) is 206 Å². The van der Waals surface area contributed by atoms with Gasteiger partial charge in [0.15, 0.2) is 0 Å². The second-order valence-electron chi connectivity index (χ2n) is 12.8. The molecule has 0 bridgehead atoms. The van der Waals surface area contributed by atoms with Crippen molar-refractivity contribution in [3.63, 3.8) is 0 Å². The Kier molecular flexibility index (Phi) is 33.6. The molecule has 0 aromatic heterocycles. The van der Waals surface area contributed by atoms with Gasteiger partial charge in [-0.2, -0.15) is 0 Å². The van der Waals surface area contributed by atoms with E-state index in [1.807, 2.05) is 0 Å². The van der Waals surface area contributed by atoms with Crippen LogP contribution < -0.4 is 0 Å². The van der Waals surface area contributed by atoms with E-state index in [-0.39, 0.29) is 12.1 Å². The number of carbonyl (C=O) groups excluding carboxylic acids is 1. The summed E-state index contributed by atoms with van der Waals surface area (Å²) in [6.45, 7) is 4.46. The Balaban J connectivity index is 3.63. The summed E-state index contributed by atoms with van der Waals surface area (Å²) in [6, 6.07) is 0. The number of esters is 1. The summed E-state index contributed by atoms with van der Waals surface area (Å²) in [5.74, 6) is -0.665. The molecule has 0 aromatic carbocycles. The third-order valence-corrected chi connectivity index (χ3v) is 8.43. The van der Waals surface area contributed by atoms with Crippen molar-refractivity contribution in [1.82, 2.24) is 0 Å². The van der Waals surface area contributed by atoms with E-state index in [0.29, 0.717) is 12.8 Å². The lowest BCUT2D eigenvalue weighted by Crippen LogP contribution is -2.18. The molecule has 0 radical (unpaired) electrons. The third-order valence-electron chi connectivity index (χ3n) is 8.43. The number of hydrogen-bond donors (Lipinski definition) is 1. The fraction of sp³-hybridized carbons (Fsp3) is 0.846. The van der Waals surface area contributed by atoms with Crippen molar-refractivity contribution >= 4 is 11.9 Å². The van der Waals surface area contributed by atoms with Gasteiger partial charge in [0.05, 0.1) is 0 Å². The quantitative estimate of drug-likeness (QED) is 0.0451. The monoisotopic (exact) mass is 605 g/mol. The highest BCUT2D eigenvalue weighted by Crippen LogP contribution is 2.18. The Hall–Kier alpha value is -1.58. The van der Waals surface area contributed by atoms with Crippen molar-refractivity contribution in [2.24, 2.45) is 0 Å². The number of carboxylic acids is 1. The normalized spacial score (nSPS) is 12.4. The fourth-order valence-corrected chi connectivity index (χ4v) is 5.61. The number of unbranched alkanes of at least 4 members (excludes halogenated alkanes) is 21. The van der Waals surface area contributed by atoms with Gasteiger partial charge >= 0.3 is 11.9 Å². The number of carboxylic acid groups (broad SMARTS) is 1. The summed E-state index contributed by atoms with van der Waals surface area (Å²) in [6.07, 6.45) is 43.8. The highest BCUT2D eigenvalue weighted by molar-refractivity contribution is 5.69. The Morgan fingerprint density at radius 1 is 0.512 bits per heavy atom. The molecule has 252 valence electrons. The molecule has 1 atom stereocenters. The second-order valence-corrected chi connectivity index (χ2v) is 12.8. The molecule has 0 saturated heterocycles. The summed E-state index contributed by atoms with van der Waals surface area (Å²) < 4.78 is 5.90. The van der Waals surface area contributed by atoms with Gasteiger partial charge in [-0.15, -0.1) is 0 Å². The molecule has 0 fully saturated rings. The fourth-order valence-electron chi connectivity index (χ4n) is 5.61. The van der Waals surface area contributed by atoms with Crippen LogP contribution in [-0.4, -0.2) is 23.1 Å². The molecule has 0 aliphatic rings. The molecule has 4 heteroatoms. The Labute approximate surface area is 267 Å². The summed E-state index contributed by atoms with van der Waals surface area (Å²) in [5, 5.41) is 8.68. The lowest BCUT2D eigenvalue weighted by molar-refractivity contribution is -0.150. The van der Waals surface area contributed by atoms with Gasteiger partial charge in [-0.25, -0.2) is 0 Å². The average Bonchev–Trinajstić information content (AvgIpc) is 2.99. The van der Waals surface area contributed by atoms with E-state index in [1.54, 1.807) is 0 Å². The average molecular weight is 605 g/mol. The number of carbonyl (C=O) groups is 2. The minimum absolute atomic E-state index is 0.0149. The molecule has 0 amide bonds. The highest BCUT2D eigenvalue weighted by atomic mass is 16.5. The maximum atomic E-state index is 12.5. The van der Waals surface area contributed by atoms with Crippen molar-refractivity contribution in [3.8, 4) is 0 Å². The Morgan fingerprint density at radius 2 is 0.930 bits per heavy atom. The second kappa shape index (κ2) is 34.9. The summed E-state index contributed by atoms with van der Waals surface area (Å²) in [7, 11) is 0. The van der Waals surface area contributed by atoms with Crippen LogP contribution in [0, 0.1) is 0 Å². The van der Waals surface area contributed by atoms with Gasteiger partial charge in [-0.1, -0.05) is 154 Å². The van der Waals surface area contributed by atoms with Crippen LogP contribution in [0.3, 0.4) is 0 Å². The molecule has 0 aliphatic heterocycles. The molecule has 0 aromatic rings. The molecule has 4 nitrogen and oxygen atoms in total. The van der Waals surface area contributed by atoms with Crippen molar-refractivity contribution in [2.75, 3.05) is 0 Å². The van der Waals surface area contributed by atoms with Crippen molar-refractivity contribution in [1.29, 1.82) is 0 Å². The van der Waals surface area contributed by atoms with E-state index in [9.17, 15) is 9.59 Å². The number of ether oxygens (including phenoxy) is 1. The number of allylic oxidation sites excluding steroid dienone is 4. The van der Waals surface area contributed by atoms with Gasteiger partial charge in [-0.05, 0) is 64.2 Å². The zero-order chi connectivity index (χ0) is 31.5. The van der Waals surface area contributed by atoms with E-state index in [1.165, 1.54) is 109 Å². The zero-order valence-electron chi connectivity index (χ0n) is 28.8. The number of rotatable bonds is 34. The standard InChI is InChI=1S/C39H72O4/c1-3-5-7-8-9-10-11-12-13-14-15-16-17-18-19-23-26-29-32-36-39(42)43-37(33-6-4-2)34-30-27-24-21-20-22-25-28-31-35-38(40)41/h9-10,12-13,37H,3-8,11,14-36H2,1-2H3,(H,40,41)/b10-9-,13-12-. The molecular formula is C39H72O4. The molecule has 0 spiro atoms. The first-order valence-corrected chi connectivity index (χ1v) is 18.8. The zero-order valence-corrected chi connectivity index (χ0v) is 28.8. The largest absolute Gasteiger partial charge is 0.481 e. The van der Waals surface area contributed by atoms with Gasteiger partial charge in [0.2, 0.25) is 0 Å². The van der Waals surface area contributed by atoms with Crippen LogP contribution >= 0.6 is 0 Å². The van der Waals surface area contributed by atoms with Crippen LogP contribution in [0.4, 0.5) is 0 Å². The minimum atomic E-state index is -0.680. The molecule has 0 saturated carbocycles. The van der Waals surface area contributed by atoms with Gasteiger partial charge in [0.25, 0.3) is 0 Å². The van der Waals surface area contributed by atoms with Crippen LogP contribution in [-0.2, 0) is 14.3 Å². The molecule has 1 unspecified atom stereocenters. The molecule has 43 heavy (non-hydrogen) atoms. The molecule has 0 aliphatic carbocycles. The van der Waals surface area contributed by atoms with E-state index in [2.05, 4.69) is 38.2 Å². The van der Waals surface area contributed by atoms with Crippen LogP contribution in [0.25, 0.3) is 0 Å². The predicted molar refractivity (Wildman–Crippen MR) is 186 cm³/mol. The SMILES string of the molecule is CCCCC/C=C\C/C=C\CCCCCCCCCCCC(=O)OC(CCCC)CCCCCCCCCCCC(=O)O. The molecule has 1 N–H and O–H groups in total. The first-order valence-electron chi connectivity index (χ1n) is 18.8. The highest BCUT2D eigenvalue weighted by Gasteiger charge is 2.13. The first-order chi connectivity index (χ1) is 21.1. The van der Waals surface area contributed by atoms with Crippen LogP contribution in [0.2, 0.25) is 0 Å². The van der Waals surface area contributed by atoms with Gasteiger partial charge in [-0.3, -0.25) is 9.59 Å². The topological polar surface area (TPSA) is 63.6 Å². The van der Waals surface area contributed by atoms with Gasteiger partial charge in [0, 0.05) is 12.8 Å². The number of hydrogen-bond acceptors (Lipinski definition) is 3. The Bertz CT molecular complexity index is 654. The summed E-state index contributed by atoms with van der Waals surface area (Å²) in [5.41, 5.74) is 0. The maximum Gasteiger partial charge on any atom is 0.306 e. The predicted octanol–water partition coefficient (Wildman–Crippen LogP) is 12.8. The minimum Gasteiger partial charge on any atom is -0.481 e. The van der Waals surface area contributed by atoms with E-state index in [0.717, 1.165) is 70.6 Å². The van der Waals surface area contributed by atoms with Gasteiger partial charge in [0.1, 0.15) is 6.10 Å². The summed E-state index contributed by atoms with van der Waals surface area (Å²) >= 11 is 0. The van der Waals surface area contributed by atoms with Crippen LogP contribution in [0.15, 0.2) is 24.3 Å². The lowest BCUT2D eigenvalue weighted by Gasteiger charge is -2.18. The summed E-state index contributed by atoms with van der Waals surface area (Å²) in [4.78, 5) is 23.0. The first kappa shape index (κ1) is 41.4. The van der Waals surface area contributed by atoms with Gasteiger partial charge < -0.3 is 9.84 Å². The van der Waals surface area contributed by atoms with E-state index >= 15 is 0 Å². The number of aliphatic carboxylic acids is 1. The molecule has 0 heterocycles. The van der Waals surface area contributed by atoms with E-state index < -0.39 is 5.97 Å². The smallest absolute Gasteiger partial charge is 0.306 e. The molecule has 0 rings (SSSR count). The van der Waals surface area contributed by atoms with Crippen molar-refractivity contribution in [3.05, 3.63) is 24.3 Å².